The molecule has 0 aliphatic carbocycles. The lowest BCUT2D eigenvalue weighted by molar-refractivity contribution is -0.137. The maximum absolute atomic E-state index is 12.6. The van der Waals surface area contributed by atoms with E-state index in [4.69, 9.17) is 11.6 Å². The maximum atomic E-state index is 12.6. The molecule has 1 aromatic rings. The van der Waals surface area contributed by atoms with E-state index in [0.717, 1.165) is 17.7 Å². The van der Waals surface area contributed by atoms with Gasteiger partial charge in [0.15, 0.2) is 0 Å². The molecule has 3 nitrogen and oxygen atoms in total. The first-order chi connectivity index (χ1) is 9.27. The average molecular weight is 305 g/mol. The van der Waals surface area contributed by atoms with Crippen LogP contribution in [0.25, 0.3) is 0 Å². The number of hydrogen-bond acceptors (Lipinski definition) is 2. The van der Waals surface area contributed by atoms with E-state index in [9.17, 15) is 18.0 Å². The summed E-state index contributed by atoms with van der Waals surface area (Å²) in [5.74, 6) is -0.420. The van der Waals surface area contributed by atoms with E-state index in [1.54, 1.807) is 6.92 Å². The molecule has 0 bridgehead atoms. The molecule has 1 heterocycles. The van der Waals surface area contributed by atoms with Crippen LogP contribution in [0.2, 0.25) is 5.02 Å². The molecule has 7 heteroatoms. The number of carbonyl (C=O) groups is 1. The summed E-state index contributed by atoms with van der Waals surface area (Å²) in [4.78, 5) is 11.9. The molecule has 1 amide bonds. The lowest BCUT2D eigenvalue weighted by Crippen LogP contribution is -2.36. The van der Waals surface area contributed by atoms with Gasteiger partial charge in [-0.1, -0.05) is 11.6 Å². The molecular formula is C13H12ClF3N2O. The Morgan fingerprint density at radius 2 is 1.95 bits per heavy atom. The van der Waals surface area contributed by atoms with Crippen molar-refractivity contribution in [2.24, 2.45) is 0 Å². The van der Waals surface area contributed by atoms with Crippen LogP contribution in [-0.2, 0) is 11.0 Å². The van der Waals surface area contributed by atoms with Crippen molar-refractivity contribution in [3.8, 4) is 0 Å². The average Bonchev–Trinajstić information content (AvgIpc) is 2.24. The molecule has 0 aromatic heterocycles. The minimum absolute atomic E-state index is 0.0297. The van der Waals surface area contributed by atoms with Crippen molar-refractivity contribution in [2.75, 3.05) is 18.4 Å². The van der Waals surface area contributed by atoms with Gasteiger partial charge in [-0.25, -0.2) is 0 Å². The van der Waals surface area contributed by atoms with Crippen LogP contribution in [-0.4, -0.2) is 19.0 Å². The Morgan fingerprint density at radius 3 is 2.45 bits per heavy atom. The van der Waals surface area contributed by atoms with Gasteiger partial charge in [-0.05, 0) is 30.7 Å². The molecule has 1 aliphatic rings. The SMILES string of the molecule is CC(C(=O)Nc1cc(Cl)cc(C(F)(F)F)c1)=C1CNC1. The summed E-state index contributed by atoms with van der Waals surface area (Å²) in [5.41, 5.74) is 0.593. The van der Waals surface area contributed by atoms with Crippen LogP contribution in [0.5, 0.6) is 0 Å². The van der Waals surface area contributed by atoms with Gasteiger partial charge in [0.25, 0.3) is 5.91 Å². The largest absolute Gasteiger partial charge is 0.416 e. The maximum Gasteiger partial charge on any atom is 0.416 e. The van der Waals surface area contributed by atoms with Crippen LogP contribution in [0, 0.1) is 0 Å². The van der Waals surface area contributed by atoms with E-state index in [1.165, 1.54) is 6.07 Å². The van der Waals surface area contributed by atoms with Crippen molar-refractivity contribution in [3.05, 3.63) is 39.9 Å². The molecule has 1 saturated heterocycles. The molecule has 2 rings (SSSR count). The Morgan fingerprint density at radius 1 is 1.30 bits per heavy atom. The van der Waals surface area contributed by atoms with E-state index < -0.39 is 17.6 Å². The number of benzene rings is 1. The zero-order chi connectivity index (χ0) is 14.9. The van der Waals surface area contributed by atoms with E-state index in [0.29, 0.717) is 18.7 Å². The fourth-order valence-electron chi connectivity index (χ4n) is 1.73. The van der Waals surface area contributed by atoms with Crippen LogP contribution >= 0.6 is 11.6 Å². The topological polar surface area (TPSA) is 41.1 Å². The van der Waals surface area contributed by atoms with Gasteiger partial charge in [0.2, 0.25) is 0 Å². The second kappa shape index (κ2) is 5.46. The predicted octanol–water partition coefficient (Wildman–Crippen LogP) is 3.22. The van der Waals surface area contributed by atoms with Gasteiger partial charge in [-0.3, -0.25) is 4.79 Å². The minimum atomic E-state index is -4.50. The van der Waals surface area contributed by atoms with Crippen LogP contribution < -0.4 is 10.6 Å². The quantitative estimate of drug-likeness (QED) is 0.824. The van der Waals surface area contributed by atoms with Gasteiger partial charge in [0.05, 0.1) is 5.56 Å². The fourth-order valence-corrected chi connectivity index (χ4v) is 1.96. The number of rotatable bonds is 2. The van der Waals surface area contributed by atoms with Crippen molar-refractivity contribution >= 4 is 23.2 Å². The monoisotopic (exact) mass is 304 g/mol. The molecule has 108 valence electrons. The first-order valence-electron chi connectivity index (χ1n) is 5.86. The molecule has 1 fully saturated rings. The van der Waals surface area contributed by atoms with Crippen molar-refractivity contribution in [1.29, 1.82) is 0 Å². The molecule has 20 heavy (non-hydrogen) atoms. The number of hydrogen-bond donors (Lipinski definition) is 2. The molecule has 2 N–H and O–H groups in total. The number of amides is 1. The Hall–Kier alpha value is -1.53. The molecule has 0 spiro atoms. The summed E-state index contributed by atoms with van der Waals surface area (Å²) in [5, 5.41) is 5.35. The Kier molecular flexibility index (Phi) is 4.06. The van der Waals surface area contributed by atoms with Crippen LogP contribution in [0.15, 0.2) is 29.3 Å². The molecular weight excluding hydrogens is 293 g/mol. The van der Waals surface area contributed by atoms with Gasteiger partial charge in [-0.2, -0.15) is 13.2 Å². The fraction of sp³-hybridized carbons (Fsp3) is 0.308. The van der Waals surface area contributed by atoms with Gasteiger partial charge in [-0.15, -0.1) is 0 Å². The van der Waals surface area contributed by atoms with E-state index in [1.807, 2.05) is 0 Å². The number of halogens is 4. The summed E-state index contributed by atoms with van der Waals surface area (Å²) < 4.78 is 37.9. The van der Waals surface area contributed by atoms with Crippen LogP contribution in [0.3, 0.4) is 0 Å². The second-order valence-corrected chi connectivity index (χ2v) is 4.95. The summed E-state index contributed by atoms with van der Waals surface area (Å²) >= 11 is 5.65. The van der Waals surface area contributed by atoms with Crippen molar-refractivity contribution in [3.63, 3.8) is 0 Å². The normalized spacial score (nSPS) is 14.8. The number of nitrogens with one attached hydrogen (secondary N) is 2. The van der Waals surface area contributed by atoms with Crippen molar-refractivity contribution in [2.45, 2.75) is 13.1 Å². The van der Waals surface area contributed by atoms with Crippen molar-refractivity contribution < 1.29 is 18.0 Å². The molecule has 0 unspecified atom stereocenters. The second-order valence-electron chi connectivity index (χ2n) is 4.51. The first kappa shape index (κ1) is 14.9. The first-order valence-corrected chi connectivity index (χ1v) is 6.23. The molecule has 1 aliphatic heterocycles. The summed E-state index contributed by atoms with van der Waals surface area (Å²) in [6.45, 7) is 2.89. The molecule has 0 saturated carbocycles. The number of anilines is 1. The van der Waals surface area contributed by atoms with Crippen molar-refractivity contribution in [1.82, 2.24) is 5.32 Å². The Labute approximate surface area is 118 Å². The summed E-state index contributed by atoms with van der Waals surface area (Å²) in [6.07, 6.45) is -4.50. The highest BCUT2D eigenvalue weighted by Crippen LogP contribution is 2.33. The highest BCUT2D eigenvalue weighted by molar-refractivity contribution is 6.31. The number of carbonyl (C=O) groups excluding carboxylic acids is 1. The summed E-state index contributed by atoms with van der Waals surface area (Å²) in [7, 11) is 0. The minimum Gasteiger partial charge on any atom is -0.322 e. The van der Waals surface area contributed by atoms with Gasteiger partial charge in [0.1, 0.15) is 0 Å². The van der Waals surface area contributed by atoms with Gasteiger partial charge >= 0.3 is 6.18 Å². The van der Waals surface area contributed by atoms with Gasteiger partial charge < -0.3 is 10.6 Å². The molecule has 1 aromatic carbocycles. The standard InChI is InChI=1S/C13H12ClF3N2O/c1-7(8-5-18-6-8)12(20)19-11-3-9(13(15,16)17)2-10(14)4-11/h2-4,18H,5-6H2,1H3,(H,19,20). The zero-order valence-electron chi connectivity index (χ0n) is 10.6. The van der Waals surface area contributed by atoms with Crippen LogP contribution in [0.4, 0.5) is 18.9 Å². The Bertz CT molecular complexity index is 575. The Balaban J connectivity index is 2.21. The highest BCUT2D eigenvalue weighted by atomic mass is 35.5. The summed E-state index contributed by atoms with van der Waals surface area (Å²) in [6, 6.07) is 2.96. The third kappa shape index (κ3) is 3.32. The van der Waals surface area contributed by atoms with E-state index in [-0.39, 0.29) is 10.7 Å². The molecule has 0 radical (unpaired) electrons. The third-order valence-corrected chi connectivity index (χ3v) is 3.25. The molecule has 0 atom stereocenters. The third-order valence-electron chi connectivity index (χ3n) is 3.03. The van der Waals surface area contributed by atoms with E-state index >= 15 is 0 Å². The van der Waals surface area contributed by atoms with Crippen LogP contribution in [0.1, 0.15) is 12.5 Å². The number of alkyl halides is 3. The van der Waals surface area contributed by atoms with E-state index in [2.05, 4.69) is 10.6 Å². The lowest BCUT2D eigenvalue weighted by Gasteiger charge is -2.21. The lowest BCUT2D eigenvalue weighted by atomic mass is 10.0. The smallest absolute Gasteiger partial charge is 0.322 e. The zero-order valence-corrected chi connectivity index (χ0v) is 11.3. The predicted molar refractivity (Wildman–Crippen MR) is 70.7 cm³/mol. The van der Waals surface area contributed by atoms with Gasteiger partial charge in [0, 0.05) is 29.4 Å². The highest BCUT2D eigenvalue weighted by Gasteiger charge is 2.31.